The zero-order valence-electron chi connectivity index (χ0n) is 13.5. The summed E-state index contributed by atoms with van der Waals surface area (Å²) in [6.45, 7) is 4.16. The van der Waals surface area contributed by atoms with Crippen molar-refractivity contribution in [3.63, 3.8) is 0 Å². The van der Waals surface area contributed by atoms with Gasteiger partial charge in [0, 0.05) is 18.8 Å². The molecule has 0 spiro atoms. The van der Waals surface area contributed by atoms with E-state index in [9.17, 15) is 0 Å². The normalized spacial score (nSPS) is 10.6. The van der Waals surface area contributed by atoms with Crippen LogP contribution in [0.3, 0.4) is 0 Å². The smallest absolute Gasteiger partial charge is 0.204 e. The number of benzene rings is 1. The fourth-order valence-corrected chi connectivity index (χ4v) is 2.69. The molecule has 0 amide bonds. The maximum Gasteiger partial charge on any atom is 0.204 e. The van der Waals surface area contributed by atoms with Gasteiger partial charge in [0.25, 0.3) is 0 Å². The lowest BCUT2D eigenvalue weighted by atomic mass is 10.0. The lowest BCUT2D eigenvalue weighted by Crippen LogP contribution is -2.04. The van der Waals surface area contributed by atoms with Crippen molar-refractivity contribution < 1.29 is 14.2 Å². The Hall–Kier alpha value is -2.17. The summed E-state index contributed by atoms with van der Waals surface area (Å²) < 4.78 is 16.4. The van der Waals surface area contributed by atoms with E-state index in [1.807, 2.05) is 13.1 Å². The van der Waals surface area contributed by atoms with Gasteiger partial charge in [-0.25, -0.2) is 0 Å². The molecule has 0 atom stereocenters. The molecule has 0 saturated carbocycles. The van der Waals surface area contributed by atoms with E-state index in [1.165, 1.54) is 0 Å². The average Bonchev–Trinajstić information content (AvgIpc) is 2.52. The molecule has 0 fully saturated rings. The first-order valence-electron chi connectivity index (χ1n) is 6.92. The van der Waals surface area contributed by atoms with Gasteiger partial charge in [-0.3, -0.25) is 4.98 Å². The highest BCUT2D eigenvalue weighted by Gasteiger charge is 2.21. The van der Waals surface area contributed by atoms with E-state index in [0.29, 0.717) is 17.2 Å². The monoisotopic (exact) mass is 290 g/mol. The zero-order chi connectivity index (χ0) is 15.6. The van der Waals surface area contributed by atoms with Crippen molar-refractivity contribution in [2.24, 2.45) is 0 Å². The zero-order valence-corrected chi connectivity index (χ0v) is 13.5. The van der Waals surface area contributed by atoms with Crippen LogP contribution in [0.4, 0.5) is 5.69 Å². The molecule has 21 heavy (non-hydrogen) atoms. The molecule has 0 unspecified atom stereocenters. The van der Waals surface area contributed by atoms with Crippen LogP contribution >= 0.6 is 0 Å². The lowest BCUT2D eigenvalue weighted by Gasteiger charge is -2.19. The minimum Gasteiger partial charge on any atom is -0.493 e. The summed E-state index contributed by atoms with van der Waals surface area (Å²) in [7, 11) is 6.74. The summed E-state index contributed by atoms with van der Waals surface area (Å²) in [5.41, 5.74) is 4.02. The van der Waals surface area contributed by atoms with Crippen LogP contribution in [0.1, 0.15) is 18.2 Å². The molecule has 1 aromatic heterocycles. The van der Waals surface area contributed by atoms with Crippen LogP contribution in [-0.2, 0) is 6.42 Å². The van der Waals surface area contributed by atoms with Crippen LogP contribution in [0.2, 0.25) is 0 Å². The molecule has 5 heteroatoms. The van der Waals surface area contributed by atoms with E-state index in [1.54, 1.807) is 21.3 Å². The van der Waals surface area contributed by atoms with Crippen LogP contribution in [0, 0.1) is 6.92 Å². The number of ether oxygens (including phenoxy) is 3. The Kier molecular flexibility index (Phi) is 4.40. The summed E-state index contributed by atoms with van der Waals surface area (Å²) in [6, 6.07) is 1.89. The molecular weight excluding hydrogens is 268 g/mol. The second-order valence-electron chi connectivity index (χ2n) is 4.70. The Labute approximate surface area is 125 Å². The predicted octanol–water partition coefficient (Wildman–Crippen LogP) is 3.17. The second kappa shape index (κ2) is 6.08. The molecule has 0 aliphatic rings. The summed E-state index contributed by atoms with van der Waals surface area (Å²) in [5, 5.41) is 4.17. The van der Waals surface area contributed by atoms with Gasteiger partial charge in [-0.2, -0.15) is 0 Å². The number of hydrogen-bond acceptors (Lipinski definition) is 5. The van der Waals surface area contributed by atoms with E-state index in [2.05, 4.69) is 19.2 Å². The van der Waals surface area contributed by atoms with Crippen molar-refractivity contribution in [1.29, 1.82) is 0 Å². The van der Waals surface area contributed by atoms with Crippen LogP contribution in [0.5, 0.6) is 17.2 Å². The number of aryl methyl sites for hydroxylation is 1. The third-order valence-electron chi connectivity index (χ3n) is 3.71. The molecular formula is C16H22N2O3. The van der Waals surface area contributed by atoms with Crippen LogP contribution in [0.15, 0.2) is 6.07 Å². The maximum absolute atomic E-state index is 5.58. The molecule has 0 saturated heterocycles. The van der Waals surface area contributed by atoms with Crippen molar-refractivity contribution in [3.05, 3.63) is 17.3 Å². The summed E-state index contributed by atoms with van der Waals surface area (Å²) in [4.78, 5) is 4.74. The highest BCUT2D eigenvalue weighted by Crippen LogP contribution is 2.46. The standard InChI is InChI=1S/C16H22N2O3/c1-7-10-9(2)14(17-3)13-11(18-10)8-12(19-4)15(20-5)16(13)21-6/h8H,7H2,1-6H3,(H,17,18). The molecule has 2 aromatic rings. The predicted molar refractivity (Wildman–Crippen MR) is 85.1 cm³/mol. The molecule has 0 aliphatic carbocycles. The van der Waals surface area contributed by atoms with Gasteiger partial charge >= 0.3 is 0 Å². The number of nitrogens with one attached hydrogen (secondary N) is 1. The highest BCUT2D eigenvalue weighted by atomic mass is 16.5. The Morgan fingerprint density at radius 2 is 1.76 bits per heavy atom. The van der Waals surface area contributed by atoms with Crippen molar-refractivity contribution in [1.82, 2.24) is 4.98 Å². The first-order chi connectivity index (χ1) is 10.1. The first kappa shape index (κ1) is 15.2. The second-order valence-corrected chi connectivity index (χ2v) is 4.70. The number of anilines is 1. The molecule has 2 rings (SSSR count). The largest absolute Gasteiger partial charge is 0.493 e. The Morgan fingerprint density at radius 3 is 2.24 bits per heavy atom. The molecule has 114 valence electrons. The fourth-order valence-electron chi connectivity index (χ4n) is 2.69. The molecule has 5 nitrogen and oxygen atoms in total. The van der Waals surface area contributed by atoms with Gasteiger partial charge in [-0.05, 0) is 18.9 Å². The van der Waals surface area contributed by atoms with Gasteiger partial charge < -0.3 is 19.5 Å². The van der Waals surface area contributed by atoms with Crippen LogP contribution in [0.25, 0.3) is 10.9 Å². The lowest BCUT2D eigenvalue weighted by molar-refractivity contribution is 0.327. The third kappa shape index (κ3) is 2.33. The Balaban J connectivity index is 2.98. The van der Waals surface area contributed by atoms with E-state index >= 15 is 0 Å². The van der Waals surface area contributed by atoms with Crippen molar-refractivity contribution in [2.45, 2.75) is 20.3 Å². The Morgan fingerprint density at radius 1 is 1.10 bits per heavy atom. The highest BCUT2D eigenvalue weighted by molar-refractivity contribution is 6.01. The van der Waals surface area contributed by atoms with E-state index in [0.717, 1.165) is 34.3 Å². The number of pyridine rings is 1. The van der Waals surface area contributed by atoms with E-state index < -0.39 is 0 Å². The fraction of sp³-hybridized carbons (Fsp3) is 0.438. The number of rotatable bonds is 5. The van der Waals surface area contributed by atoms with Gasteiger partial charge in [0.2, 0.25) is 5.75 Å². The quantitative estimate of drug-likeness (QED) is 0.916. The SMILES string of the molecule is CCc1nc2cc(OC)c(OC)c(OC)c2c(NC)c1C. The van der Waals surface area contributed by atoms with E-state index in [-0.39, 0.29) is 0 Å². The minimum absolute atomic E-state index is 0.578. The number of aromatic nitrogens is 1. The minimum atomic E-state index is 0.578. The van der Waals surface area contributed by atoms with Gasteiger partial charge in [-0.1, -0.05) is 6.92 Å². The summed E-state index contributed by atoms with van der Waals surface area (Å²) in [5.74, 6) is 1.83. The van der Waals surface area contributed by atoms with Crippen molar-refractivity contribution in [3.8, 4) is 17.2 Å². The van der Waals surface area contributed by atoms with E-state index in [4.69, 9.17) is 19.2 Å². The first-order valence-corrected chi connectivity index (χ1v) is 6.92. The molecule has 1 N–H and O–H groups in total. The van der Waals surface area contributed by atoms with Gasteiger partial charge in [-0.15, -0.1) is 0 Å². The number of nitrogens with zero attached hydrogens (tertiary/aromatic N) is 1. The molecule has 0 bridgehead atoms. The molecule has 0 aliphatic heterocycles. The average molecular weight is 290 g/mol. The third-order valence-corrected chi connectivity index (χ3v) is 3.71. The maximum atomic E-state index is 5.58. The van der Waals surface area contributed by atoms with Crippen molar-refractivity contribution >= 4 is 16.6 Å². The number of hydrogen-bond donors (Lipinski definition) is 1. The number of fused-ring (bicyclic) bond motifs is 1. The summed E-state index contributed by atoms with van der Waals surface area (Å²) >= 11 is 0. The molecule has 0 radical (unpaired) electrons. The topological polar surface area (TPSA) is 52.6 Å². The van der Waals surface area contributed by atoms with Crippen LogP contribution in [-0.4, -0.2) is 33.4 Å². The Bertz CT molecular complexity index is 669. The molecule has 1 aromatic carbocycles. The van der Waals surface area contributed by atoms with Gasteiger partial charge in [0.1, 0.15) is 0 Å². The van der Waals surface area contributed by atoms with Gasteiger partial charge in [0.05, 0.1) is 37.9 Å². The van der Waals surface area contributed by atoms with Gasteiger partial charge in [0.15, 0.2) is 11.5 Å². The molecule has 1 heterocycles. The summed E-state index contributed by atoms with van der Waals surface area (Å²) in [6.07, 6.45) is 0.868. The van der Waals surface area contributed by atoms with Crippen LogP contribution < -0.4 is 19.5 Å². The number of methoxy groups -OCH3 is 3. The van der Waals surface area contributed by atoms with Crippen molar-refractivity contribution in [2.75, 3.05) is 33.7 Å².